The molecular weight excluding hydrogens is 156 g/mol. The van der Waals surface area contributed by atoms with Crippen LogP contribution >= 0.6 is 11.6 Å². The van der Waals surface area contributed by atoms with Gasteiger partial charge < -0.3 is 9.53 Å². The maximum absolute atomic E-state index is 9.52. The van der Waals surface area contributed by atoms with Crippen LogP contribution in [-0.4, -0.2) is 11.2 Å². The molecule has 0 saturated heterocycles. The first-order chi connectivity index (χ1) is 4.50. The zero-order valence-electron chi connectivity index (χ0n) is 5.89. The van der Waals surface area contributed by atoms with Crippen molar-refractivity contribution in [1.82, 2.24) is 0 Å². The van der Waals surface area contributed by atoms with Crippen LogP contribution in [0.3, 0.4) is 0 Å². The van der Waals surface area contributed by atoms with E-state index in [4.69, 9.17) is 0 Å². The van der Waals surface area contributed by atoms with Gasteiger partial charge in [-0.05, 0) is 13.8 Å². The molecule has 10 heavy (non-hydrogen) atoms. The van der Waals surface area contributed by atoms with Crippen LogP contribution < -0.4 is 0 Å². The molecule has 0 unspecified atom stereocenters. The van der Waals surface area contributed by atoms with Crippen molar-refractivity contribution < 1.29 is 14.3 Å². The van der Waals surface area contributed by atoms with E-state index in [0.29, 0.717) is 0 Å². The minimum atomic E-state index is -0.856. The molecule has 0 aliphatic carbocycles. The molecule has 0 atom stereocenters. The summed E-state index contributed by atoms with van der Waals surface area (Å²) in [5.41, 5.74) is -0.856. The van der Waals surface area contributed by atoms with E-state index in [0.717, 1.165) is 6.26 Å². The maximum atomic E-state index is 9.52. The first-order valence-corrected chi connectivity index (χ1v) is 2.82. The average Bonchev–Trinajstić information content (AvgIpc) is 1.62. The van der Waals surface area contributed by atoms with Crippen molar-refractivity contribution in [1.29, 1.82) is 0 Å². The first kappa shape index (κ1) is 11.9. The summed E-state index contributed by atoms with van der Waals surface area (Å²) in [6.07, 6.45) is 0.968. The summed E-state index contributed by atoms with van der Waals surface area (Å²) in [4.78, 5) is 19.0. The molecule has 0 spiro atoms. The number of ketones is 1. The molecule has 0 aromatic heterocycles. The van der Waals surface area contributed by atoms with E-state index in [-0.39, 0.29) is 5.78 Å². The Morgan fingerprint density at radius 2 is 1.80 bits per heavy atom. The summed E-state index contributed by atoms with van der Waals surface area (Å²) in [7, 11) is 0. The number of Topliss-reactive ketones (excluding diaryl/α,β-unsaturated/α-hetero) is 1. The third-order valence-corrected chi connectivity index (χ3v) is 0.265. The first-order valence-electron chi connectivity index (χ1n) is 2.45. The van der Waals surface area contributed by atoms with E-state index in [9.17, 15) is 9.59 Å². The van der Waals surface area contributed by atoms with Gasteiger partial charge in [0.05, 0.1) is 6.26 Å². The summed E-state index contributed by atoms with van der Waals surface area (Å²) in [5.74, 6) is 0.167. The number of rotatable bonds is 1. The molecule has 0 N–H and O–H groups in total. The minimum Gasteiger partial charge on any atom is -0.423 e. The fraction of sp³-hybridized carbons (Fsp3) is 0.333. The van der Waals surface area contributed by atoms with Gasteiger partial charge in [-0.1, -0.05) is 6.58 Å². The third kappa shape index (κ3) is 58.0. The van der Waals surface area contributed by atoms with Gasteiger partial charge in [0.25, 0.3) is 0 Å². The zero-order chi connectivity index (χ0) is 8.57. The molecule has 0 bridgehead atoms. The molecule has 0 rings (SSSR count). The van der Waals surface area contributed by atoms with Crippen molar-refractivity contribution in [3.63, 3.8) is 0 Å². The summed E-state index contributed by atoms with van der Waals surface area (Å²) in [6.45, 7) is 6.13. The normalized spacial score (nSPS) is 6.70. The Morgan fingerprint density at radius 1 is 1.50 bits per heavy atom. The molecule has 0 aromatic carbocycles. The summed E-state index contributed by atoms with van der Waals surface area (Å²) >= 11 is 4.65. The lowest BCUT2D eigenvalue weighted by Gasteiger charge is -1.80. The van der Waals surface area contributed by atoms with Crippen LogP contribution in [0, 0.1) is 0 Å². The lowest BCUT2D eigenvalue weighted by Crippen LogP contribution is -1.79. The van der Waals surface area contributed by atoms with Gasteiger partial charge in [0, 0.05) is 11.6 Å². The van der Waals surface area contributed by atoms with E-state index in [1.807, 2.05) is 0 Å². The highest BCUT2D eigenvalue weighted by Crippen LogP contribution is 1.83. The Morgan fingerprint density at radius 3 is 1.80 bits per heavy atom. The van der Waals surface area contributed by atoms with Crippen molar-refractivity contribution in [2.45, 2.75) is 13.8 Å². The van der Waals surface area contributed by atoms with Gasteiger partial charge in [0.2, 0.25) is 0 Å². The van der Waals surface area contributed by atoms with E-state index < -0.39 is 5.43 Å². The van der Waals surface area contributed by atoms with Gasteiger partial charge >= 0.3 is 5.43 Å². The molecule has 3 nitrogen and oxygen atoms in total. The second-order valence-corrected chi connectivity index (χ2v) is 1.74. The molecule has 0 saturated carbocycles. The smallest absolute Gasteiger partial charge is 0.408 e. The second kappa shape index (κ2) is 8.17. The van der Waals surface area contributed by atoms with Crippen LogP contribution in [0.5, 0.6) is 0 Å². The van der Waals surface area contributed by atoms with Crippen LogP contribution in [0.2, 0.25) is 0 Å². The highest BCUT2D eigenvalue weighted by Gasteiger charge is 1.83. The van der Waals surface area contributed by atoms with Crippen molar-refractivity contribution >= 4 is 22.8 Å². The predicted molar refractivity (Wildman–Crippen MR) is 38.9 cm³/mol. The minimum absolute atomic E-state index is 0.167. The molecule has 0 radical (unpaired) electrons. The fourth-order valence-electron chi connectivity index (χ4n) is 0.0655. The molecule has 0 fully saturated rings. The number of carbonyl (C=O) groups is 2. The van der Waals surface area contributed by atoms with Crippen LogP contribution in [-0.2, 0) is 9.53 Å². The Labute approximate surface area is 64.6 Å². The van der Waals surface area contributed by atoms with Crippen molar-refractivity contribution in [2.24, 2.45) is 0 Å². The van der Waals surface area contributed by atoms with Crippen molar-refractivity contribution in [2.75, 3.05) is 0 Å². The van der Waals surface area contributed by atoms with E-state index in [1.54, 1.807) is 0 Å². The van der Waals surface area contributed by atoms with Gasteiger partial charge in [-0.3, -0.25) is 0 Å². The van der Waals surface area contributed by atoms with Gasteiger partial charge in [0.15, 0.2) is 0 Å². The second-order valence-electron chi connectivity index (χ2n) is 1.43. The molecule has 0 aliphatic rings. The lowest BCUT2D eigenvalue weighted by molar-refractivity contribution is -0.114. The average molecular weight is 165 g/mol. The molecule has 0 amide bonds. The highest BCUT2D eigenvalue weighted by molar-refractivity contribution is 6.61. The monoisotopic (exact) mass is 164 g/mol. The fourth-order valence-corrected chi connectivity index (χ4v) is 0.129. The van der Waals surface area contributed by atoms with E-state index >= 15 is 0 Å². The number of hydrogen-bond donors (Lipinski definition) is 0. The molecule has 58 valence electrons. The summed E-state index contributed by atoms with van der Waals surface area (Å²) < 4.78 is 3.93. The molecule has 4 heteroatoms. The van der Waals surface area contributed by atoms with E-state index in [1.165, 1.54) is 13.8 Å². The Bertz CT molecular complexity index is 127. The predicted octanol–water partition coefficient (Wildman–Crippen LogP) is 2.10. The third-order valence-electron chi connectivity index (χ3n) is 0.176. The van der Waals surface area contributed by atoms with Crippen molar-refractivity contribution in [3.8, 4) is 0 Å². The summed E-state index contributed by atoms with van der Waals surface area (Å²) in [5, 5.41) is 0. The summed E-state index contributed by atoms with van der Waals surface area (Å²) in [6, 6.07) is 0. The van der Waals surface area contributed by atoms with Crippen LogP contribution in [0.25, 0.3) is 0 Å². The Balaban J connectivity index is 0. The standard InChI is InChI=1S/C3H3ClO2.C3H6O/c1-2-6-3(4)5;1-3(2)4/h2H,1H2;1-2H3. The van der Waals surface area contributed by atoms with Gasteiger partial charge in [-0.25, -0.2) is 4.79 Å². The van der Waals surface area contributed by atoms with Crippen LogP contribution in [0.15, 0.2) is 12.8 Å². The lowest BCUT2D eigenvalue weighted by atomic mass is 10.6. The number of carbonyl (C=O) groups excluding carboxylic acids is 2. The van der Waals surface area contributed by atoms with Crippen LogP contribution in [0.4, 0.5) is 4.79 Å². The van der Waals surface area contributed by atoms with Gasteiger partial charge in [-0.2, -0.15) is 0 Å². The molecule has 0 aliphatic heterocycles. The van der Waals surface area contributed by atoms with Gasteiger partial charge in [-0.15, -0.1) is 0 Å². The molecular formula is C6H9ClO3. The quantitative estimate of drug-likeness (QED) is 0.440. The zero-order valence-corrected chi connectivity index (χ0v) is 6.64. The largest absolute Gasteiger partial charge is 0.423 e. The van der Waals surface area contributed by atoms with Gasteiger partial charge in [0.1, 0.15) is 5.78 Å². The number of halogens is 1. The number of ether oxygens (including phenoxy) is 1. The number of hydrogen-bond acceptors (Lipinski definition) is 3. The Kier molecular flexibility index (Phi) is 9.73. The molecule has 0 heterocycles. The Hall–Kier alpha value is -0.830. The topological polar surface area (TPSA) is 43.4 Å². The van der Waals surface area contributed by atoms with E-state index in [2.05, 4.69) is 22.9 Å². The SMILES string of the molecule is C=COC(=O)Cl.CC(C)=O. The molecule has 0 aromatic rings. The van der Waals surface area contributed by atoms with Crippen molar-refractivity contribution in [3.05, 3.63) is 12.8 Å². The van der Waals surface area contributed by atoms with Crippen LogP contribution in [0.1, 0.15) is 13.8 Å². The highest BCUT2D eigenvalue weighted by atomic mass is 35.5. The maximum Gasteiger partial charge on any atom is 0.408 e.